The molecule has 0 aliphatic heterocycles. The summed E-state index contributed by atoms with van der Waals surface area (Å²) in [7, 11) is 3.94. The Hall–Kier alpha value is -1.16. The average Bonchev–Trinajstić information content (AvgIpc) is 2.01. The van der Waals surface area contributed by atoms with E-state index in [1.54, 1.807) is 0 Å². The van der Waals surface area contributed by atoms with E-state index in [0.717, 1.165) is 23.8 Å². The number of aromatic nitrogens is 2. The summed E-state index contributed by atoms with van der Waals surface area (Å²) in [6.45, 7) is 3.88. The van der Waals surface area contributed by atoms with E-state index >= 15 is 0 Å². The van der Waals surface area contributed by atoms with Crippen LogP contribution in [-0.2, 0) is 6.42 Å². The quantitative estimate of drug-likeness (QED) is 0.771. The molecular formula is C10H18N4. The number of nitrogens with two attached hydrogens (primary N) is 1. The summed E-state index contributed by atoms with van der Waals surface area (Å²) in [5.41, 5.74) is 6.74. The minimum absolute atomic E-state index is 0.138. The van der Waals surface area contributed by atoms with Gasteiger partial charge in [-0.3, -0.25) is 0 Å². The Labute approximate surface area is 85.2 Å². The molecular weight excluding hydrogens is 176 g/mol. The van der Waals surface area contributed by atoms with E-state index < -0.39 is 0 Å². The minimum atomic E-state index is 0.138. The number of rotatable bonds is 3. The van der Waals surface area contributed by atoms with Crippen LogP contribution in [0.4, 0.5) is 5.82 Å². The van der Waals surface area contributed by atoms with Crippen LogP contribution in [0.15, 0.2) is 6.07 Å². The molecule has 0 saturated carbocycles. The second kappa shape index (κ2) is 4.37. The number of hydrogen-bond acceptors (Lipinski definition) is 4. The lowest BCUT2D eigenvalue weighted by Gasteiger charge is -2.13. The zero-order valence-electron chi connectivity index (χ0n) is 9.28. The summed E-state index contributed by atoms with van der Waals surface area (Å²) in [4.78, 5) is 10.6. The van der Waals surface area contributed by atoms with Gasteiger partial charge in [-0.25, -0.2) is 9.97 Å². The Morgan fingerprint density at radius 3 is 2.57 bits per heavy atom. The van der Waals surface area contributed by atoms with Crippen LogP contribution in [0.1, 0.15) is 18.4 Å². The maximum absolute atomic E-state index is 5.73. The molecule has 0 radical (unpaired) electrons. The number of aryl methyl sites for hydroxylation is 1. The minimum Gasteiger partial charge on any atom is -0.363 e. The van der Waals surface area contributed by atoms with Crippen molar-refractivity contribution < 1.29 is 0 Å². The van der Waals surface area contributed by atoms with Crippen molar-refractivity contribution in [2.75, 3.05) is 19.0 Å². The molecule has 1 aromatic heterocycles. The lowest BCUT2D eigenvalue weighted by atomic mass is 10.2. The summed E-state index contributed by atoms with van der Waals surface area (Å²) in [5, 5.41) is 0. The molecule has 0 amide bonds. The lowest BCUT2D eigenvalue weighted by Crippen LogP contribution is -2.20. The third-order valence-corrected chi connectivity index (χ3v) is 1.87. The van der Waals surface area contributed by atoms with Crippen LogP contribution in [0, 0.1) is 6.92 Å². The highest BCUT2D eigenvalue weighted by Crippen LogP contribution is 2.10. The maximum atomic E-state index is 5.73. The van der Waals surface area contributed by atoms with Gasteiger partial charge in [0.25, 0.3) is 0 Å². The van der Waals surface area contributed by atoms with Crippen molar-refractivity contribution >= 4 is 5.82 Å². The first-order valence-corrected chi connectivity index (χ1v) is 4.76. The molecule has 0 aliphatic carbocycles. The molecule has 2 N–H and O–H groups in total. The summed E-state index contributed by atoms with van der Waals surface area (Å²) >= 11 is 0. The molecule has 1 heterocycles. The van der Waals surface area contributed by atoms with Gasteiger partial charge < -0.3 is 10.6 Å². The molecule has 78 valence electrons. The van der Waals surface area contributed by atoms with Gasteiger partial charge in [0.1, 0.15) is 11.6 Å². The first-order valence-electron chi connectivity index (χ1n) is 4.76. The van der Waals surface area contributed by atoms with Crippen molar-refractivity contribution in [3.05, 3.63) is 17.6 Å². The highest BCUT2D eigenvalue weighted by Gasteiger charge is 2.05. The van der Waals surface area contributed by atoms with Gasteiger partial charge in [-0.05, 0) is 13.8 Å². The van der Waals surface area contributed by atoms with Gasteiger partial charge in [0.2, 0.25) is 0 Å². The largest absolute Gasteiger partial charge is 0.363 e. The zero-order valence-corrected chi connectivity index (χ0v) is 9.28. The van der Waals surface area contributed by atoms with Crippen LogP contribution < -0.4 is 10.6 Å². The van der Waals surface area contributed by atoms with Gasteiger partial charge in [0.05, 0.1) is 0 Å². The fourth-order valence-electron chi connectivity index (χ4n) is 1.28. The summed E-state index contributed by atoms with van der Waals surface area (Å²) in [6.07, 6.45) is 0.796. The van der Waals surface area contributed by atoms with E-state index in [1.807, 2.05) is 38.9 Å². The molecule has 0 saturated heterocycles. The summed E-state index contributed by atoms with van der Waals surface area (Å²) in [6, 6.07) is 2.12. The number of hydrogen-bond donors (Lipinski definition) is 1. The topological polar surface area (TPSA) is 55.0 Å². The highest BCUT2D eigenvalue weighted by atomic mass is 15.1. The monoisotopic (exact) mass is 194 g/mol. The van der Waals surface area contributed by atoms with E-state index in [-0.39, 0.29) is 6.04 Å². The molecule has 0 fully saturated rings. The molecule has 1 atom stereocenters. The SMILES string of the molecule is Cc1nc(CC(C)N)cc(N(C)C)n1. The van der Waals surface area contributed by atoms with Crippen molar-refractivity contribution in [3.8, 4) is 0 Å². The van der Waals surface area contributed by atoms with Gasteiger partial charge in [-0.1, -0.05) is 0 Å². The van der Waals surface area contributed by atoms with Crippen molar-refractivity contribution in [1.29, 1.82) is 0 Å². The first-order chi connectivity index (χ1) is 6.49. The Balaban J connectivity index is 2.95. The predicted molar refractivity (Wildman–Crippen MR) is 58.4 cm³/mol. The normalized spacial score (nSPS) is 12.6. The number of nitrogens with zero attached hydrogens (tertiary/aromatic N) is 3. The lowest BCUT2D eigenvalue weighted by molar-refractivity contribution is 0.715. The Morgan fingerprint density at radius 2 is 2.07 bits per heavy atom. The predicted octanol–water partition coefficient (Wildman–Crippen LogP) is 0.741. The van der Waals surface area contributed by atoms with Crippen LogP contribution >= 0.6 is 0 Å². The Bertz CT molecular complexity index is 307. The standard InChI is InChI=1S/C10H18N4/c1-7(11)5-9-6-10(14(3)4)13-8(2)12-9/h6-7H,5,11H2,1-4H3. The van der Waals surface area contributed by atoms with Crippen LogP contribution in [0.2, 0.25) is 0 Å². The third kappa shape index (κ3) is 2.96. The van der Waals surface area contributed by atoms with Crippen molar-refractivity contribution in [2.45, 2.75) is 26.3 Å². The second-order valence-electron chi connectivity index (χ2n) is 3.84. The molecule has 4 nitrogen and oxygen atoms in total. The van der Waals surface area contributed by atoms with E-state index in [2.05, 4.69) is 9.97 Å². The molecule has 0 aliphatic rings. The molecule has 0 aromatic carbocycles. The van der Waals surface area contributed by atoms with Gasteiger partial charge in [0, 0.05) is 38.3 Å². The molecule has 1 rings (SSSR count). The smallest absolute Gasteiger partial charge is 0.131 e. The van der Waals surface area contributed by atoms with Crippen molar-refractivity contribution in [2.24, 2.45) is 5.73 Å². The highest BCUT2D eigenvalue weighted by molar-refractivity contribution is 5.37. The van der Waals surface area contributed by atoms with E-state index in [4.69, 9.17) is 5.73 Å². The van der Waals surface area contributed by atoms with Gasteiger partial charge >= 0.3 is 0 Å². The van der Waals surface area contributed by atoms with Gasteiger partial charge in [-0.2, -0.15) is 0 Å². The van der Waals surface area contributed by atoms with E-state index in [1.165, 1.54) is 0 Å². The maximum Gasteiger partial charge on any atom is 0.131 e. The van der Waals surface area contributed by atoms with Crippen molar-refractivity contribution in [3.63, 3.8) is 0 Å². The summed E-state index contributed by atoms with van der Waals surface area (Å²) < 4.78 is 0. The fraction of sp³-hybridized carbons (Fsp3) is 0.600. The Morgan fingerprint density at radius 1 is 1.43 bits per heavy atom. The fourth-order valence-corrected chi connectivity index (χ4v) is 1.28. The zero-order chi connectivity index (χ0) is 10.7. The first kappa shape index (κ1) is 10.9. The van der Waals surface area contributed by atoms with E-state index in [0.29, 0.717) is 0 Å². The van der Waals surface area contributed by atoms with Gasteiger partial charge in [0.15, 0.2) is 0 Å². The average molecular weight is 194 g/mol. The molecule has 1 unspecified atom stereocenters. The van der Waals surface area contributed by atoms with Crippen LogP contribution in [-0.4, -0.2) is 30.1 Å². The molecule has 0 bridgehead atoms. The van der Waals surface area contributed by atoms with Crippen molar-refractivity contribution in [1.82, 2.24) is 9.97 Å². The second-order valence-corrected chi connectivity index (χ2v) is 3.84. The number of anilines is 1. The van der Waals surface area contributed by atoms with Gasteiger partial charge in [-0.15, -0.1) is 0 Å². The molecule has 14 heavy (non-hydrogen) atoms. The van der Waals surface area contributed by atoms with Crippen LogP contribution in [0.5, 0.6) is 0 Å². The summed E-state index contributed by atoms with van der Waals surface area (Å²) in [5.74, 6) is 1.74. The molecule has 0 spiro atoms. The van der Waals surface area contributed by atoms with Crippen LogP contribution in [0.3, 0.4) is 0 Å². The van der Waals surface area contributed by atoms with E-state index in [9.17, 15) is 0 Å². The molecule has 1 aromatic rings. The molecule has 4 heteroatoms. The third-order valence-electron chi connectivity index (χ3n) is 1.87. The van der Waals surface area contributed by atoms with Crippen LogP contribution in [0.25, 0.3) is 0 Å². The Kier molecular flexibility index (Phi) is 3.41.